The van der Waals surface area contributed by atoms with E-state index in [9.17, 15) is 9.18 Å². The summed E-state index contributed by atoms with van der Waals surface area (Å²) in [4.78, 5) is 12.4. The molecule has 0 saturated heterocycles. The van der Waals surface area contributed by atoms with Gasteiger partial charge >= 0.3 is 0 Å². The molecule has 3 nitrogen and oxygen atoms in total. The number of aromatic nitrogens is 1. The lowest BCUT2D eigenvalue weighted by Gasteiger charge is -2.05. The van der Waals surface area contributed by atoms with Crippen LogP contribution < -0.4 is 5.32 Å². The molecule has 0 unspecified atom stereocenters. The summed E-state index contributed by atoms with van der Waals surface area (Å²) in [6.07, 6.45) is 1.85. The zero-order chi connectivity index (χ0) is 15.5. The average Bonchev–Trinajstić information content (AvgIpc) is 2.87. The van der Waals surface area contributed by atoms with E-state index in [1.54, 1.807) is 18.2 Å². The van der Waals surface area contributed by atoms with Crippen molar-refractivity contribution in [1.29, 1.82) is 0 Å². The van der Waals surface area contributed by atoms with Gasteiger partial charge in [-0.1, -0.05) is 36.4 Å². The molecule has 1 aromatic heterocycles. The maximum atomic E-state index is 13.5. The summed E-state index contributed by atoms with van der Waals surface area (Å²) in [5, 5.41) is 3.96. The number of nitrogens with one attached hydrogen (secondary N) is 1. The molecule has 0 saturated carbocycles. The molecule has 0 atom stereocenters. The van der Waals surface area contributed by atoms with E-state index in [0.717, 1.165) is 10.9 Å². The maximum absolute atomic E-state index is 13.5. The Labute approximate surface area is 128 Å². The topological polar surface area (TPSA) is 34.0 Å². The highest BCUT2D eigenvalue weighted by Gasteiger charge is 2.13. The van der Waals surface area contributed by atoms with Crippen LogP contribution in [0.4, 0.5) is 4.39 Å². The molecule has 0 bridgehead atoms. The summed E-state index contributed by atoms with van der Waals surface area (Å²) >= 11 is 0. The number of carbonyl (C=O) groups is 1. The van der Waals surface area contributed by atoms with E-state index >= 15 is 0 Å². The highest BCUT2D eigenvalue weighted by Crippen LogP contribution is 2.20. The van der Waals surface area contributed by atoms with Crippen LogP contribution in [0.1, 0.15) is 15.9 Å². The number of Topliss-reactive ketones (excluding diaryl/α,β-unsaturated/α-hetero) is 1. The van der Waals surface area contributed by atoms with Crippen molar-refractivity contribution in [2.24, 2.45) is 7.05 Å². The maximum Gasteiger partial charge on any atom is 0.178 e. The van der Waals surface area contributed by atoms with Crippen molar-refractivity contribution in [2.45, 2.75) is 6.54 Å². The molecule has 1 heterocycles. The number of aryl methyl sites for hydroxylation is 1. The molecule has 0 fully saturated rings. The van der Waals surface area contributed by atoms with E-state index in [2.05, 4.69) is 5.32 Å². The molecule has 0 amide bonds. The number of ketones is 1. The second-order valence-corrected chi connectivity index (χ2v) is 5.29. The molecule has 0 aliphatic rings. The number of nitrogens with zero attached hydrogens (tertiary/aromatic N) is 1. The summed E-state index contributed by atoms with van der Waals surface area (Å²) in [7, 11) is 1.92. The summed E-state index contributed by atoms with van der Waals surface area (Å²) in [5.41, 5.74) is 2.28. The minimum atomic E-state index is -0.257. The Morgan fingerprint density at radius 3 is 2.68 bits per heavy atom. The molecular formula is C18H17FN2O. The van der Waals surface area contributed by atoms with E-state index in [1.807, 2.05) is 42.1 Å². The van der Waals surface area contributed by atoms with Crippen LogP contribution >= 0.6 is 0 Å². The molecule has 0 radical (unpaired) electrons. The van der Waals surface area contributed by atoms with Crippen LogP contribution in [0.25, 0.3) is 10.9 Å². The van der Waals surface area contributed by atoms with Gasteiger partial charge in [-0.3, -0.25) is 4.79 Å². The molecule has 3 rings (SSSR count). The monoisotopic (exact) mass is 296 g/mol. The molecule has 4 heteroatoms. The van der Waals surface area contributed by atoms with E-state index in [1.165, 1.54) is 6.07 Å². The molecule has 22 heavy (non-hydrogen) atoms. The smallest absolute Gasteiger partial charge is 0.178 e. The predicted molar refractivity (Wildman–Crippen MR) is 85.4 cm³/mol. The fourth-order valence-electron chi connectivity index (χ4n) is 2.61. The van der Waals surface area contributed by atoms with Crippen LogP contribution in [0, 0.1) is 5.82 Å². The Bertz CT molecular complexity index is 823. The third-order valence-corrected chi connectivity index (χ3v) is 3.76. The third kappa shape index (κ3) is 2.78. The lowest BCUT2D eigenvalue weighted by Crippen LogP contribution is -2.23. The van der Waals surface area contributed by atoms with Gasteiger partial charge in [0.2, 0.25) is 0 Å². The first-order valence-corrected chi connectivity index (χ1v) is 7.18. The normalized spacial score (nSPS) is 11.0. The first kappa shape index (κ1) is 14.5. The Morgan fingerprint density at radius 2 is 1.86 bits per heavy atom. The molecular weight excluding hydrogens is 279 g/mol. The van der Waals surface area contributed by atoms with Crippen LogP contribution in [0.3, 0.4) is 0 Å². The van der Waals surface area contributed by atoms with Crippen molar-refractivity contribution in [1.82, 2.24) is 9.88 Å². The number of rotatable bonds is 5. The fraction of sp³-hybridized carbons (Fsp3) is 0.167. The quantitative estimate of drug-likeness (QED) is 0.733. The molecule has 0 aliphatic heterocycles. The van der Waals surface area contributed by atoms with Crippen LogP contribution in [0.2, 0.25) is 0 Å². The highest BCUT2D eigenvalue weighted by atomic mass is 19.1. The number of hydrogen-bond donors (Lipinski definition) is 1. The molecule has 0 aliphatic carbocycles. The van der Waals surface area contributed by atoms with Crippen LogP contribution in [0.5, 0.6) is 0 Å². The average molecular weight is 296 g/mol. The molecule has 3 aromatic rings. The van der Waals surface area contributed by atoms with E-state index in [4.69, 9.17) is 0 Å². The molecule has 112 valence electrons. The van der Waals surface area contributed by atoms with Gasteiger partial charge in [0, 0.05) is 41.8 Å². The van der Waals surface area contributed by atoms with Gasteiger partial charge in [-0.15, -0.1) is 0 Å². The van der Waals surface area contributed by atoms with Crippen LogP contribution in [-0.4, -0.2) is 16.9 Å². The van der Waals surface area contributed by atoms with E-state index in [0.29, 0.717) is 17.7 Å². The Kier molecular flexibility index (Phi) is 4.02. The van der Waals surface area contributed by atoms with Gasteiger partial charge in [0.1, 0.15) is 5.82 Å². The summed E-state index contributed by atoms with van der Waals surface area (Å²) in [6, 6.07) is 14.4. The van der Waals surface area contributed by atoms with Gasteiger partial charge in [0.25, 0.3) is 0 Å². The highest BCUT2D eigenvalue weighted by molar-refractivity contribution is 6.09. The zero-order valence-corrected chi connectivity index (χ0v) is 12.3. The Morgan fingerprint density at radius 1 is 1.14 bits per heavy atom. The summed E-state index contributed by atoms with van der Waals surface area (Å²) in [6.45, 7) is 0.519. The largest absolute Gasteiger partial charge is 0.350 e. The van der Waals surface area contributed by atoms with Gasteiger partial charge in [-0.25, -0.2) is 4.39 Å². The van der Waals surface area contributed by atoms with Gasteiger partial charge in [0.15, 0.2) is 5.78 Å². The Hall–Kier alpha value is -2.46. The van der Waals surface area contributed by atoms with Crippen LogP contribution in [-0.2, 0) is 13.6 Å². The SMILES string of the molecule is Cn1cc(C(=O)CNCc2ccccc2F)c2ccccc21. The fourth-order valence-corrected chi connectivity index (χ4v) is 2.61. The van der Waals surface area contributed by atoms with Crippen molar-refractivity contribution in [3.05, 3.63) is 71.7 Å². The number of carbonyl (C=O) groups excluding carboxylic acids is 1. The van der Waals surface area contributed by atoms with Gasteiger partial charge in [0.05, 0.1) is 6.54 Å². The van der Waals surface area contributed by atoms with E-state index < -0.39 is 0 Å². The van der Waals surface area contributed by atoms with Gasteiger partial charge in [-0.05, 0) is 12.1 Å². The zero-order valence-electron chi connectivity index (χ0n) is 12.3. The predicted octanol–water partition coefficient (Wildman–Crippen LogP) is 3.29. The number of para-hydroxylation sites is 1. The van der Waals surface area contributed by atoms with Crippen molar-refractivity contribution in [2.75, 3.05) is 6.54 Å². The minimum Gasteiger partial charge on any atom is -0.350 e. The number of fused-ring (bicyclic) bond motifs is 1. The second kappa shape index (κ2) is 6.12. The minimum absolute atomic E-state index is 0.00754. The van der Waals surface area contributed by atoms with Gasteiger partial charge in [-0.2, -0.15) is 0 Å². The first-order chi connectivity index (χ1) is 10.7. The first-order valence-electron chi connectivity index (χ1n) is 7.18. The molecule has 2 aromatic carbocycles. The van der Waals surface area contributed by atoms with E-state index in [-0.39, 0.29) is 18.1 Å². The molecule has 0 spiro atoms. The summed E-state index contributed by atoms with van der Waals surface area (Å²) in [5.74, 6) is -0.249. The standard InChI is InChI=1S/C18H17FN2O/c1-21-12-15(14-7-3-5-9-17(14)21)18(22)11-20-10-13-6-2-4-8-16(13)19/h2-9,12,20H,10-11H2,1H3. The lowest BCUT2D eigenvalue weighted by atomic mass is 10.1. The Balaban J connectivity index is 1.70. The van der Waals surface area contributed by atoms with Crippen molar-refractivity contribution >= 4 is 16.7 Å². The third-order valence-electron chi connectivity index (χ3n) is 3.76. The van der Waals surface area contributed by atoms with Crippen molar-refractivity contribution in [3.8, 4) is 0 Å². The number of halogens is 1. The van der Waals surface area contributed by atoms with Crippen molar-refractivity contribution < 1.29 is 9.18 Å². The number of hydrogen-bond acceptors (Lipinski definition) is 2. The second-order valence-electron chi connectivity index (χ2n) is 5.29. The van der Waals surface area contributed by atoms with Gasteiger partial charge < -0.3 is 9.88 Å². The van der Waals surface area contributed by atoms with Crippen LogP contribution in [0.15, 0.2) is 54.7 Å². The van der Waals surface area contributed by atoms with Crippen molar-refractivity contribution in [3.63, 3.8) is 0 Å². The molecule has 1 N–H and O–H groups in total. The summed E-state index contributed by atoms with van der Waals surface area (Å²) < 4.78 is 15.5. The lowest BCUT2D eigenvalue weighted by molar-refractivity contribution is 0.0992. The number of benzene rings is 2.